The van der Waals surface area contributed by atoms with Crippen LogP contribution in [-0.4, -0.2) is 18.6 Å². The van der Waals surface area contributed by atoms with Crippen molar-refractivity contribution in [1.29, 1.82) is 0 Å². The Morgan fingerprint density at radius 1 is 1.44 bits per heavy atom. The van der Waals surface area contributed by atoms with Crippen molar-refractivity contribution in [2.24, 2.45) is 0 Å². The van der Waals surface area contributed by atoms with Crippen molar-refractivity contribution in [2.45, 2.75) is 19.8 Å². The Hall–Kier alpha value is -1.27. The van der Waals surface area contributed by atoms with E-state index in [-0.39, 0.29) is 5.92 Å². The second-order valence-electron chi connectivity index (χ2n) is 4.22. The van der Waals surface area contributed by atoms with E-state index in [2.05, 4.69) is 9.71 Å². The molecule has 1 aromatic carbocycles. The predicted molar refractivity (Wildman–Crippen MR) is 71.4 cm³/mol. The minimum Gasteiger partial charge on any atom is -0.440 e. The molecule has 0 aliphatic rings. The first-order chi connectivity index (χ1) is 8.41. The molecule has 0 atom stereocenters. The van der Waals surface area contributed by atoms with Crippen molar-refractivity contribution in [3.63, 3.8) is 0 Å². The number of fused-ring (bicyclic) bond motifs is 1. The first-order valence-electron chi connectivity index (χ1n) is 5.38. The van der Waals surface area contributed by atoms with Gasteiger partial charge in [-0.05, 0) is 18.2 Å². The Morgan fingerprint density at radius 2 is 2.17 bits per heavy atom. The van der Waals surface area contributed by atoms with E-state index in [0.29, 0.717) is 22.7 Å². The van der Waals surface area contributed by atoms with Gasteiger partial charge in [0.1, 0.15) is 10.7 Å². The highest BCUT2D eigenvalue weighted by Crippen LogP contribution is 2.24. The highest BCUT2D eigenvalue weighted by Gasteiger charge is 2.12. The number of sulfonamides is 1. The number of alkyl halides is 1. The molecule has 0 aliphatic carbocycles. The van der Waals surface area contributed by atoms with Crippen LogP contribution in [0.5, 0.6) is 0 Å². The molecule has 7 heteroatoms. The summed E-state index contributed by atoms with van der Waals surface area (Å²) in [5.74, 6) is 0.808. The van der Waals surface area contributed by atoms with Gasteiger partial charge in [-0.15, -0.1) is 11.6 Å². The van der Waals surface area contributed by atoms with Gasteiger partial charge in [0.15, 0.2) is 11.5 Å². The maximum Gasteiger partial charge on any atom is 0.246 e. The number of hydrogen-bond acceptors (Lipinski definition) is 4. The lowest BCUT2D eigenvalue weighted by atomic mass is 10.2. The lowest BCUT2D eigenvalue weighted by Gasteiger charge is -2.03. The molecule has 0 unspecified atom stereocenters. The number of nitrogens with one attached hydrogen (secondary N) is 1. The van der Waals surface area contributed by atoms with E-state index in [1.807, 2.05) is 13.8 Å². The molecule has 0 amide bonds. The second-order valence-corrected chi connectivity index (χ2v) is 6.52. The molecule has 1 aromatic heterocycles. The van der Waals surface area contributed by atoms with Crippen LogP contribution in [0.25, 0.3) is 11.1 Å². The third-order valence-corrected chi connectivity index (χ3v) is 4.01. The van der Waals surface area contributed by atoms with E-state index in [4.69, 9.17) is 16.0 Å². The molecule has 1 heterocycles. The van der Waals surface area contributed by atoms with E-state index in [0.717, 1.165) is 0 Å². The van der Waals surface area contributed by atoms with Gasteiger partial charge in [-0.25, -0.2) is 13.4 Å². The molecule has 0 spiro atoms. The lowest BCUT2D eigenvalue weighted by Crippen LogP contribution is -2.13. The number of anilines is 1. The number of aromatic nitrogens is 1. The van der Waals surface area contributed by atoms with Crippen molar-refractivity contribution in [3.8, 4) is 0 Å². The Bertz CT molecular complexity index is 664. The van der Waals surface area contributed by atoms with Crippen LogP contribution in [0.15, 0.2) is 22.6 Å². The first kappa shape index (κ1) is 13.2. The maximum absolute atomic E-state index is 11.3. The quantitative estimate of drug-likeness (QED) is 0.878. The van der Waals surface area contributed by atoms with Crippen LogP contribution in [0.3, 0.4) is 0 Å². The fraction of sp³-hybridized carbons (Fsp3) is 0.364. The van der Waals surface area contributed by atoms with Gasteiger partial charge in [0.25, 0.3) is 0 Å². The van der Waals surface area contributed by atoms with Gasteiger partial charge in [-0.1, -0.05) is 13.8 Å². The number of oxazole rings is 1. The number of benzene rings is 1. The molecular weight excluding hydrogens is 276 g/mol. The summed E-state index contributed by atoms with van der Waals surface area (Å²) in [5.41, 5.74) is 1.67. The molecule has 5 nitrogen and oxygen atoms in total. The minimum absolute atomic E-state index is 0.181. The van der Waals surface area contributed by atoms with E-state index < -0.39 is 15.2 Å². The van der Waals surface area contributed by atoms with Crippen LogP contribution in [0.1, 0.15) is 25.7 Å². The number of nitrogens with zero attached hydrogens (tertiary/aromatic N) is 1. The SMILES string of the molecule is CC(C)c1nc2cc(NS(=O)(=O)CCl)ccc2o1. The number of rotatable bonds is 4. The van der Waals surface area contributed by atoms with Crippen LogP contribution in [0.4, 0.5) is 5.69 Å². The lowest BCUT2D eigenvalue weighted by molar-refractivity contribution is 0.501. The average Bonchev–Trinajstić information content (AvgIpc) is 2.71. The number of hydrogen-bond donors (Lipinski definition) is 1. The molecule has 18 heavy (non-hydrogen) atoms. The Morgan fingerprint density at radius 3 is 2.78 bits per heavy atom. The highest BCUT2D eigenvalue weighted by atomic mass is 35.5. The number of halogens is 1. The zero-order valence-corrected chi connectivity index (χ0v) is 11.5. The molecule has 0 bridgehead atoms. The monoisotopic (exact) mass is 288 g/mol. The molecule has 0 radical (unpaired) electrons. The standard InChI is InChI=1S/C11H13ClN2O3S/c1-7(2)11-13-9-5-8(3-4-10(9)17-11)14-18(15,16)6-12/h3-5,7,14H,6H2,1-2H3. The van der Waals surface area contributed by atoms with Crippen LogP contribution in [0, 0.1) is 0 Å². The smallest absolute Gasteiger partial charge is 0.246 e. The summed E-state index contributed by atoms with van der Waals surface area (Å²) < 4.78 is 30.5. The summed E-state index contributed by atoms with van der Waals surface area (Å²) in [6.07, 6.45) is 0. The van der Waals surface area contributed by atoms with Crippen LogP contribution < -0.4 is 4.72 Å². The fourth-order valence-electron chi connectivity index (χ4n) is 1.46. The van der Waals surface area contributed by atoms with Gasteiger partial charge in [0.05, 0.1) is 5.69 Å². The van der Waals surface area contributed by atoms with Crippen molar-refractivity contribution in [3.05, 3.63) is 24.1 Å². The minimum atomic E-state index is -3.49. The van der Waals surface area contributed by atoms with Crippen LogP contribution in [0.2, 0.25) is 0 Å². The van der Waals surface area contributed by atoms with Gasteiger partial charge >= 0.3 is 0 Å². The van der Waals surface area contributed by atoms with Gasteiger partial charge < -0.3 is 4.42 Å². The summed E-state index contributed by atoms with van der Waals surface area (Å²) in [6.45, 7) is 3.95. The summed E-state index contributed by atoms with van der Waals surface area (Å²) in [4.78, 5) is 4.29. The molecule has 2 rings (SSSR count). The molecule has 0 aliphatic heterocycles. The van der Waals surface area contributed by atoms with Crippen molar-refractivity contribution < 1.29 is 12.8 Å². The molecular formula is C11H13ClN2O3S. The van der Waals surface area contributed by atoms with E-state index >= 15 is 0 Å². The van der Waals surface area contributed by atoms with Crippen molar-refractivity contribution in [1.82, 2.24) is 4.98 Å². The molecule has 98 valence electrons. The van der Waals surface area contributed by atoms with Gasteiger partial charge in [-0.2, -0.15) is 0 Å². The average molecular weight is 289 g/mol. The summed E-state index contributed by atoms with van der Waals surface area (Å²) in [5, 5.41) is -0.485. The molecule has 2 aromatic rings. The van der Waals surface area contributed by atoms with E-state index in [9.17, 15) is 8.42 Å². The zero-order chi connectivity index (χ0) is 13.3. The summed E-state index contributed by atoms with van der Waals surface area (Å²) in [6, 6.07) is 4.91. The maximum atomic E-state index is 11.3. The fourth-order valence-corrected chi connectivity index (χ4v) is 2.17. The Kier molecular flexibility index (Phi) is 3.49. The second kappa shape index (κ2) is 4.78. The molecule has 0 saturated carbocycles. The zero-order valence-electron chi connectivity index (χ0n) is 9.97. The van der Waals surface area contributed by atoms with E-state index in [1.165, 1.54) is 0 Å². The van der Waals surface area contributed by atoms with Gasteiger partial charge in [0, 0.05) is 5.92 Å². The largest absolute Gasteiger partial charge is 0.440 e. The first-order valence-corrected chi connectivity index (χ1v) is 7.57. The van der Waals surface area contributed by atoms with E-state index in [1.54, 1.807) is 18.2 Å². The third kappa shape index (κ3) is 2.76. The van der Waals surface area contributed by atoms with Crippen LogP contribution in [-0.2, 0) is 10.0 Å². The third-order valence-electron chi connectivity index (χ3n) is 2.32. The topological polar surface area (TPSA) is 72.2 Å². The predicted octanol–water partition coefficient (Wildman–Crippen LogP) is 2.89. The molecule has 1 N–H and O–H groups in total. The Labute approximate surface area is 110 Å². The summed E-state index contributed by atoms with van der Waals surface area (Å²) in [7, 11) is -3.49. The van der Waals surface area contributed by atoms with Gasteiger partial charge in [0.2, 0.25) is 10.0 Å². The van der Waals surface area contributed by atoms with Crippen LogP contribution >= 0.6 is 11.6 Å². The Balaban J connectivity index is 2.38. The van der Waals surface area contributed by atoms with Crippen molar-refractivity contribution in [2.75, 3.05) is 9.93 Å². The molecule has 0 saturated heterocycles. The highest BCUT2D eigenvalue weighted by molar-refractivity contribution is 7.93. The summed E-state index contributed by atoms with van der Waals surface area (Å²) >= 11 is 5.32. The normalized spacial score (nSPS) is 12.2. The van der Waals surface area contributed by atoms with Gasteiger partial charge in [-0.3, -0.25) is 4.72 Å². The van der Waals surface area contributed by atoms with Crippen molar-refractivity contribution >= 4 is 38.4 Å². The molecule has 0 fully saturated rings.